The second-order valence-electron chi connectivity index (χ2n) is 5.31. The molecule has 0 unspecified atom stereocenters. The number of anilines is 2. The van der Waals surface area contributed by atoms with Crippen molar-refractivity contribution in [3.8, 4) is 0 Å². The van der Waals surface area contributed by atoms with Crippen LogP contribution in [0.5, 0.6) is 0 Å². The number of carbonyl (C=O) groups is 1. The summed E-state index contributed by atoms with van der Waals surface area (Å²) in [6.07, 6.45) is 3.57. The van der Waals surface area contributed by atoms with Gasteiger partial charge in [-0.05, 0) is 37.1 Å². The van der Waals surface area contributed by atoms with E-state index in [1.807, 2.05) is 0 Å². The fourth-order valence-electron chi connectivity index (χ4n) is 2.26. The molecule has 0 atom stereocenters. The highest BCUT2D eigenvalue weighted by Gasteiger charge is 2.14. The van der Waals surface area contributed by atoms with Gasteiger partial charge in [0.2, 0.25) is 5.95 Å². The molecule has 0 aliphatic heterocycles. The number of nitrogens with zero attached hydrogens (tertiary/aromatic N) is 3. The van der Waals surface area contributed by atoms with Gasteiger partial charge in [0.05, 0.1) is 10.7 Å². The highest BCUT2D eigenvalue weighted by molar-refractivity contribution is 6.36. The Kier molecular flexibility index (Phi) is 6.82. The molecule has 0 fully saturated rings. The van der Waals surface area contributed by atoms with Crippen molar-refractivity contribution in [1.29, 1.82) is 0 Å². The van der Waals surface area contributed by atoms with E-state index in [1.54, 1.807) is 30.5 Å². The lowest BCUT2D eigenvalue weighted by Crippen LogP contribution is -2.27. The second kappa shape index (κ2) is 8.85. The highest BCUT2D eigenvalue weighted by atomic mass is 35.5. The third-order valence-corrected chi connectivity index (χ3v) is 3.87. The average molecular weight is 367 g/mol. The van der Waals surface area contributed by atoms with Crippen LogP contribution in [0.3, 0.4) is 0 Å². The van der Waals surface area contributed by atoms with Crippen LogP contribution in [0.15, 0.2) is 30.5 Å². The van der Waals surface area contributed by atoms with Crippen LogP contribution in [0.2, 0.25) is 10.0 Å². The van der Waals surface area contributed by atoms with Crippen LogP contribution < -0.4 is 10.2 Å². The zero-order chi connectivity index (χ0) is 17.5. The van der Waals surface area contributed by atoms with E-state index in [-0.39, 0.29) is 5.91 Å². The quantitative estimate of drug-likeness (QED) is 0.773. The summed E-state index contributed by atoms with van der Waals surface area (Å²) < 4.78 is 0. The van der Waals surface area contributed by atoms with Gasteiger partial charge in [0.15, 0.2) is 0 Å². The Morgan fingerprint density at radius 1 is 1.17 bits per heavy atom. The van der Waals surface area contributed by atoms with E-state index in [1.165, 1.54) is 0 Å². The first kappa shape index (κ1) is 18.5. The maximum Gasteiger partial charge on any atom is 0.274 e. The van der Waals surface area contributed by atoms with Gasteiger partial charge in [-0.25, -0.2) is 9.97 Å². The molecule has 0 spiro atoms. The van der Waals surface area contributed by atoms with Crippen molar-refractivity contribution in [1.82, 2.24) is 9.97 Å². The van der Waals surface area contributed by atoms with Crippen LogP contribution in [0.1, 0.15) is 37.2 Å². The van der Waals surface area contributed by atoms with Crippen LogP contribution in [0.25, 0.3) is 0 Å². The van der Waals surface area contributed by atoms with Gasteiger partial charge in [0.1, 0.15) is 5.69 Å². The van der Waals surface area contributed by atoms with Gasteiger partial charge in [-0.2, -0.15) is 0 Å². The van der Waals surface area contributed by atoms with Gasteiger partial charge in [-0.3, -0.25) is 4.79 Å². The SMILES string of the molecule is CCCN(CCC)c1nccc(C(=O)Nc2ccc(Cl)cc2Cl)n1. The van der Waals surface area contributed by atoms with E-state index in [0.717, 1.165) is 25.9 Å². The lowest BCUT2D eigenvalue weighted by atomic mass is 10.3. The van der Waals surface area contributed by atoms with Crippen LogP contribution in [0.4, 0.5) is 11.6 Å². The van der Waals surface area contributed by atoms with E-state index in [2.05, 4.69) is 34.0 Å². The van der Waals surface area contributed by atoms with Crippen molar-refractivity contribution in [3.05, 3.63) is 46.2 Å². The smallest absolute Gasteiger partial charge is 0.274 e. The molecule has 1 aromatic heterocycles. The number of hydrogen-bond acceptors (Lipinski definition) is 4. The lowest BCUT2D eigenvalue weighted by molar-refractivity contribution is 0.102. The summed E-state index contributed by atoms with van der Waals surface area (Å²) in [6, 6.07) is 6.48. The van der Waals surface area contributed by atoms with Crippen molar-refractivity contribution < 1.29 is 4.79 Å². The van der Waals surface area contributed by atoms with Crippen molar-refractivity contribution in [2.45, 2.75) is 26.7 Å². The predicted octanol–water partition coefficient (Wildman–Crippen LogP) is 4.66. The number of hydrogen-bond donors (Lipinski definition) is 1. The molecule has 0 saturated heterocycles. The van der Waals surface area contributed by atoms with Crippen molar-refractivity contribution >= 4 is 40.7 Å². The lowest BCUT2D eigenvalue weighted by Gasteiger charge is -2.21. The van der Waals surface area contributed by atoms with Crippen LogP contribution in [0, 0.1) is 0 Å². The molecule has 1 heterocycles. The van der Waals surface area contributed by atoms with Gasteiger partial charge in [0, 0.05) is 24.3 Å². The van der Waals surface area contributed by atoms with Crippen LogP contribution in [-0.2, 0) is 0 Å². The van der Waals surface area contributed by atoms with Crippen LogP contribution in [-0.4, -0.2) is 29.0 Å². The van der Waals surface area contributed by atoms with Crippen molar-refractivity contribution in [2.75, 3.05) is 23.3 Å². The first-order chi connectivity index (χ1) is 11.5. The Morgan fingerprint density at radius 3 is 2.50 bits per heavy atom. The van der Waals surface area contributed by atoms with E-state index >= 15 is 0 Å². The summed E-state index contributed by atoms with van der Waals surface area (Å²) >= 11 is 11.9. The first-order valence-corrected chi connectivity index (χ1v) is 8.65. The van der Waals surface area contributed by atoms with Crippen molar-refractivity contribution in [2.24, 2.45) is 0 Å². The molecule has 2 rings (SSSR count). The zero-order valence-electron chi connectivity index (χ0n) is 13.7. The molecule has 2 aromatic rings. The number of halogens is 2. The molecule has 24 heavy (non-hydrogen) atoms. The molecule has 1 N–H and O–H groups in total. The summed E-state index contributed by atoms with van der Waals surface area (Å²) in [5.41, 5.74) is 0.786. The number of amides is 1. The molecule has 0 saturated carbocycles. The van der Waals surface area contributed by atoms with E-state index < -0.39 is 0 Å². The van der Waals surface area contributed by atoms with Crippen LogP contribution >= 0.6 is 23.2 Å². The maximum absolute atomic E-state index is 12.4. The molecule has 0 radical (unpaired) electrons. The number of benzene rings is 1. The van der Waals surface area contributed by atoms with Gasteiger partial charge < -0.3 is 10.2 Å². The number of carbonyl (C=O) groups excluding carboxylic acids is 1. The molecule has 7 heteroatoms. The number of aromatic nitrogens is 2. The summed E-state index contributed by atoms with van der Waals surface area (Å²) in [6.45, 7) is 5.90. The fraction of sp³-hybridized carbons (Fsp3) is 0.353. The summed E-state index contributed by atoms with van der Waals surface area (Å²) in [5.74, 6) is 0.226. The third-order valence-electron chi connectivity index (χ3n) is 3.32. The van der Waals surface area contributed by atoms with Gasteiger partial charge >= 0.3 is 0 Å². The van der Waals surface area contributed by atoms with Gasteiger partial charge in [-0.15, -0.1) is 0 Å². The molecular formula is C17H20Cl2N4O. The van der Waals surface area contributed by atoms with Gasteiger partial charge in [0.25, 0.3) is 5.91 Å². The van der Waals surface area contributed by atoms with E-state index in [0.29, 0.717) is 27.4 Å². The normalized spacial score (nSPS) is 10.5. The standard InChI is InChI=1S/C17H20Cl2N4O/c1-3-9-23(10-4-2)17-20-8-7-15(22-17)16(24)21-14-6-5-12(18)11-13(14)19/h5-8,11H,3-4,9-10H2,1-2H3,(H,21,24). The van der Waals surface area contributed by atoms with E-state index in [4.69, 9.17) is 23.2 Å². The molecule has 0 aliphatic rings. The summed E-state index contributed by atoms with van der Waals surface area (Å²) in [4.78, 5) is 23.2. The summed E-state index contributed by atoms with van der Waals surface area (Å²) in [7, 11) is 0. The zero-order valence-corrected chi connectivity index (χ0v) is 15.2. The second-order valence-corrected chi connectivity index (χ2v) is 6.15. The molecule has 5 nitrogen and oxygen atoms in total. The average Bonchev–Trinajstić information content (AvgIpc) is 2.57. The monoisotopic (exact) mass is 366 g/mol. The van der Waals surface area contributed by atoms with Crippen molar-refractivity contribution in [3.63, 3.8) is 0 Å². The maximum atomic E-state index is 12.4. The molecule has 128 valence electrons. The Labute approximate surface area is 152 Å². The molecule has 0 bridgehead atoms. The Hall–Kier alpha value is -1.85. The Bertz CT molecular complexity index is 703. The first-order valence-electron chi connectivity index (χ1n) is 7.89. The minimum atomic E-state index is -0.337. The topological polar surface area (TPSA) is 58.1 Å². The largest absolute Gasteiger partial charge is 0.341 e. The predicted molar refractivity (Wildman–Crippen MR) is 99.2 cm³/mol. The fourth-order valence-corrected chi connectivity index (χ4v) is 2.71. The Balaban J connectivity index is 2.19. The highest BCUT2D eigenvalue weighted by Crippen LogP contribution is 2.25. The third kappa shape index (κ3) is 4.82. The Morgan fingerprint density at radius 2 is 1.88 bits per heavy atom. The summed E-state index contributed by atoms with van der Waals surface area (Å²) in [5, 5.41) is 3.64. The molecule has 1 aromatic carbocycles. The molecule has 0 aliphatic carbocycles. The number of nitrogens with one attached hydrogen (secondary N) is 1. The van der Waals surface area contributed by atoms with Gasteiger partial charge in [-0.1, -0.05) is 37.0 Å². The minimum Gasteiger partial charge on any atom is -0.341 e. The molecule has 1 amide bonds. The minimum absolute atomic E-state index is 0.295. The number of rotatable bonds is 7. The van der Waals surface area contributed by atoms with E-state index in [9.17, 15) is 4.79 Å². The molecular weight excluding hydrogens is 347 g/mol.